The van der Waals surface area contributed by atoms with Crippen LogP contribution in [-0.2, 0) is 6.54 Å². The van der Waals surface area contributed by atoms with Gasteiger partial charge in [0.25, 0.3) is 0 Å². The molecule has 0 radical (unpaired) electrons. The van der Waals surface area contributed by atoms with Gasteiger partial charge in [0.2, 0.25) is 0 Å². The summed E-state index contributed by atoms with van der Waals surface area (Å²) in [6.07, 6.45) is 0. The average molecular weight is 294 g/mol. The summed E-state index contributed by atoms with van der Waals surface area (Å²) in [5.41, 5.74) is 8.94. The molecule has 0 aliphatic rings. The highest BCUT2D eigenvalue weighted by Crippen LogP contribution is 2.23. The van der Waals surface area contributed by atoms with E-state index in [4.69, 9.17) is 5.73 Å². The van der Waals surface area contributed by atoms with Gasteiger partial charge in [-0.3, -0.25) is 0 Å². The summed E-state index contributed by atoms with van der Waals surface area (Å²) in [6.45, 7) is 4.83. The van der Waals surface area contributed by atoms with Crippen molar-refractivity contribution in [3.05, 3.63) is 40.1 Å². The van der Waals surface area contributed by atoms with Crippen LogP contribution in [-0.4, -0.2) is 9.97 Å². The lowest BCUT2D eigenvalue weighted by atomic mass is 10.0. The minimum atomic E-state index is 0.456. The summed E-state index contributed by atoms with van der Waals surface area (Å²) >= 11 is 3.39. The highest BCUT2D eigenvalue weighted by Gasteiger charge is 2.08. The van der Waals surface area contributed by atoms with E-state index in [0.717, 1.165) is 21.7 Å². The first kappa shape index (κ1) is 12.3. The first-order chi connectivity index (χ1) is 8.11. The number of aromatic nitrogens is 2. The maximum absolute atomic E-state index is 5.60. The quantitative estimate of drug-likeness (QED) is 0.911. The van der Waals surface area contributed by atoms with Crippen molar-refractivity contribution in [1.82, 2.24) is 9.97 Å². The minimum Gasteiger partial charge on any atom is -0.340 e. The maximum atomic E-state index is 5.60. The fraction of sp³-hybridized carbons (Fsp3) is 0.308. The SMILES string of the molecule is CC(C)c1ccc(-c2nc(Br)c(CN)[nH]2)cc1. The smallest absolute Gasteiger partial charge is 0.138 e. The van der Waals surface area contributed by atoms with Crippen molar-refractivity contribution < 1.29 is 0 Å². The van der Waals surface area contributed by atoms with Gasteiger partial charge in [0.1, 0.15) is 10.4 Å². The van der Waals surface area contributed by atoms with E-state index in [0.29, 0.717) is 12.5 Å². The fourth-order valence-corrected chi connectivity index (χ4v) is 2.12. The molecule has 2 aromatic rings. The van der Waals surface area contributed by atoms with Gasteiger partial charge in [-0.2, -0.15) is 0 Å². The fourth-order valence-electron chi connectivity index (χ4n) is 1.69. The largest absolute Gasteiger partial charge is 0.340 e. The number of rotatable bonds is 3. The number of H-pyrrole nitrogens is 1. The van der Waals surface area contributed by atoms with Crippen LogP contribution < -0.4 is 5.73 Å². The van der Waals surface area contributed by atoms with Crippen LogP contribution in [0.5, 0.6) is 0 Å². The topological polar surface area (TPSA) is 54.7 Å². The van der Waals surface area contributed by atoms with Crippen molar-refractivity contribution >= 4 is 15.9 Å². The van der Waals surface area contributed by atoms with Crippen LogP contribution in [0.1, 0.15) is 31.0 Å². The molecule has 0 fully saturated rings. The molecule has 17 heavy (non-hydrogen) atoms. The van der Waals surface area contributed by atoms with Gasteiger partial charge in [-0.1, -0.05) is 38.1 Å². The number of halogens is 1. The second-order valence-electron chi connectivity index (χ2n) is 4.34. The Balaban J connectivity index is 2.33. The van der Waals surface area contributed by atoms with E-state index in [2.05, 4.69) is 64.0 Å². The molecule has 0 saturated carbocycles. The number of benzene rings is 1. The molecule has 0 spiro atoms. The van der Waals surface area contributed by atoms with Gasteiger partial charge >= 0.3 is 0 Å². The minimum absolute atomic E-state index is 0.456. The second-order valence-corrected chi connectivity index (χ2v) is 5.09. The number of hydrogen-bond acceptors (Lipinski definition) is 2. The summed E-state index contributed by atoms with van der Waals surface area (Å²) in [5, 5.41) is 0. The molecule has 3 N–H and O–H groups in total. The monoisotopic (exact) mass is 293 g/mol. The van der Waals surface area contributed by atoms with Gasteiger partial charge in [0.15, 0.2) is 0 Å². The Morgan fingerprint density at radius 3 is 2.41 bits per heavy atom. The predicted octanol–water partition coefficient (Wildman–Crippen LogP) is 3.42. The normalized spacial score (nSPS) is 11.1. The second kappa shape index (κ2) is 5.02. The van der Waals surface area contributed by atoms with Gasteiger partial charge in [0.05, 0.1) is 5.69 Å². The molecule has 2 rings (SSSR count). The van der Waals surface area contributed by atoms with E-state index in [1.165, 1.54) is 5.56 Å². The Bertz CT molecular complexity index is 500. The Labute approximate surface area is 110 Å². The number of nitrogens with one attached hydrogen (secondary N) is 1. The zero-order valence-electron chi connectivity index (χ0n) is 10.00. The lowest BCUT2D eigenvalue weighted by molar-refractivity contribution is 0.867. The van der Waals surface area contributed by atoms with Crippen molar-refractivity contribution in [3.8, 4) is 11.4 Å². The molecular weight excluding hydrogens is 278 g/mol. The molecule has 0 aliphatic carbocycles. The van der Waals surface area contributed by atoms with E-state index in [9.17, 15) is 0 Å². The molecule has 1 aromatic carbocycles. The van der Waals surface area contributed by atoms with E-state index < -0.39 is 0 Å². The molecule has 1 aromatic heterocycles. The third-order valence-corrected chi connectivity index (χ3v) is 3.44. The lowest BCUT2D eigenvalue weighted by Crippen LogP contribution is -1.96. The molecule has 0 amide bonds. The summed E-state index contributed by atoms with van der Waals surface area (Å²) in [5.74, 6) is 1.40. The van der Waals surface area contributed by atoms with Crippen LogP contribution in [0, 0.1) is 0 Å². The van der Waals surface area contributed by atoms with Crippen LogP contribution in [0.15, 0.2) is 28.9 Å². The number of aromatic amines is 1. The van der Waals surface area contributed by atoms with E-state index in [1.54, 1.807) is 0 Å². The maximum Gasteiger partial charge on any atom is 0.138 e. The van der Waals surface area contributed by atoms with Crippen molar-refractivity contribution in [2.24, 2.45) is 5.73 Å². The summed E-state index contributed by atoms with van der Waals surface area (Å²) in [7, 11) is 0. The van der Waals surface area contributed by atoms with Crippen LogP contribution >= 0.6 is 15.9 Å². The molecule has 0 aliphatic heterocycles. The number of nitrogens with two attached hydrogens (primary N) is 1. The molecule has 1 heterocycles. The third-order valence-electron chi connectivity index (χ3n) is 2.78. The first-order valence-corrected chi connectivity index (χ1v) is 6.46. The van der Waals surface area contributed by atoms with Crippen LogP contribution in [0.3, 0.4) is 0 Å². The van der Waals surface area contributed by atoms with Crippen molar-refractivity contribution in [1.29, 1.82) is 0 Å². The number of hydrogen-bond donors (Lipinski definition) is 2. The van der Waals surface area contributed by atoms with Gasteiger partial charge in [-0.05, 0) is 27.4 Å². The Morgan fingerprint density at radius 2 is 1.94 bits per heavy atom. The highest BCUT2D eigenvalue weighted by molar-refractivity contribution is 9.10. The molecule has 0 unspecified atom stereocenters. The first-order valence-electron chi connectivity index (χ1n) is 5.66. The molecular formula is C13H16BrN3. The predicted molar refractivity (Wildman–Crippen MR) is 73.7 cm³/mol. The average Bonchev–Trinajstić information content (AvgIpc) is 2.70. The van der Waals surface area contributed by atoms with Crippen molar-refractivity contribution in [3.63, 3.8) is 0 Å². The number of imidazole rings is 1. The Hall–Kier alpha value is -1.13. The molecule has 3 nitrogen and oxygen atoms in total. The standard InChI is InChI=1S/C13H16BrN3/c1-8(2)9-3-5-10(6-4-9)13-16-11(7-15)12(14)17-13/h3-6,8H,7,15H2,1-2H3,(H,16,17). The van der Waals surface area contributed by atoms with E-state index >= 15 is 0 Å². The van der Waals surface area contributed by atoms with Gasteiger partial charge in [0, 0.05) is 12.1 Å². The highest BCUT2D eigenvalue weighted by atomic mass is 79.9. The molecule has 90 valence electrons. The van der Waals surface area contributed by atoms with Gasteiger partial charge < -0.3 is 10.7 Å². The molecule has 0 saturated heterocycles. The lowest BCUT2D eigenvalue weighted by Gasteiger charge is -2.05. The van der Waals surface area contributed by atoms with Gasteiger partial charge in [-0.15, -0.1) is 0 Å². The van der Waals surface area contributed by atoms with Gasteiger partial charge in [-0.25, -0.2) is 4.98 Å². The van der Waals surface area contributed by atoms with E-state index in [-0.39, 0.29) is 0 Å². The Morgan fingerprint density at radius 1 is 1.29 bits per heavy atom. The Kier molecular flexibility index (Phi) is 3.64. The summed E-state index contributed by atoms with van der Waals surface area (Å²) in [4.78, 5) is 7.62. The molecule has 4 heteroatoms. The number of nitrogens with zero attached hydrogens (tertiary/aromatic N) is 1. The van der Waals surface area contributed by atoms with Crippen molar-refractivity contribution in [2.75, 3.05) is 0 Å². The van der Waals surface area contributed by atoms with E-state index in [1.807, 2.05) is 0 Å². The van der Waals surface area contributed by atoms with Crippen molar-refractivity contribution in [2.45, 2.75) is 26.3 Å². The molecule has 0 atom stereocenters. The van der Waals surface area contributed by atoms with Crippen LogP contribution in [0.25, 0.3) is 11.4 Å². The zero-order chi connectivity index (χ0) is 12.4. The summed E-state index contributed by atoms with van der Waals surface area (Å²) < 4.78 is 0.794. The van der Waals surface area contributed by atoms with Crippen LogP contribution in [0.4, 0.5) is 0 Å². The zero-order valence-corrected chi connectivity index (χ0v) is 11.6. The summed E-state index contributed by atoms with van der Waals surface area (Å²) in [6, 6.07) is 8.44. The van der Waals surface area contributed by atoms with Crippen LogP contribution in [0.2, 0.25) is 0 Å². The third kappa shape index (κ3) is 2.58. The molecule has 0 bridgehead atoms.